The Bertz CT molecular complexity index is 434. The van der Waals surface area contributed by atoms with E-state index in [0.29, 0.717) is 11.8 Å². The van der Waals surface area contributed by atoms with E-state index in [0.717, 1.165) is 5.56 Å². The molecule has 0 fully saturated rings. The Balaban J connectivity index is 2.61. The molecular formula is C12H16N2O5. The molecule has 1 aromatic carbocycles. The number of nitrogens with two attached hydrogens (primary N) is 1. The molecule has 0 radical (unpaired) electrons. The van der Waals surface area contributed by atoms with Crippen molar-refractivity contribution in [1.29, 1.82) is 0 Å². The third-order valence-corrected chi connectivity index (χ3v) is 2.57. The normalized spacial score (nSPS) is 13.6. The number of benzene rings is 1. The molecule has 0 aliphatic heterocycles. The first kappa shape index (κ1) is 15.3. The van der Waals surface area contributed by atoms with Gasteiger partial charge in [0, 0.05) is 5.56 Å². The van der Waals surface area contributed by atoms with Gasteiger partial charge in [-0.25, -0.2) is 10.8 Å². The molecule has 7 heteroatoms. The van der Waals surface area contributed by atoms with Crippen molar-refractivity contribution in [2.75, 3.05) is 6.54 Å². The fourth-order valence-electron chi connectivity index (χ4n) is 1.30. The maximum absolute atomic E-state index is 11.8. The smallest absolute Gasteiger partial charge is 0.251 e. The highest BCUT2D eigenvalue weighted by Gasteiger charge is 2.24. The molecule has 0 aliphatic carbocycles. The predicted molar refractivity (Wildman–Crippen MR) is 65.9 cm³/mol. The fourth-order valence-corrected chi connectivity index (χ4v) is 1.30. The van der Waals surface area contributed by atoms with Crippen molar-refractivity contribution >= 4 is 12.2 Å². The Hall–Kier alpha value is -1.80. The van der Waals surface area contributed by atoms with Gasteiger partial charge in [-0.3, -0.25) is 19.7 Å². The summed E-state index contributed by atoms with van der Waals surface area (Å²) in [5, 5.41) is 10.8. The summed E-state index contributed by atoms with van der Waals surface area (Å²) in [5.74, 6) is 4.62. The van der Waals surface area contributed by atoms with Crippen LogP contribution >= 0.6 is 0 Å². The average Bonchev–Trinajstić information content (AvgIpc) is 2.45. The van der Waals surface area contributed by atoms with Gasteiger partial charge in [0.1, 0.15) is 6.61 Å². The quantitative estimate of drug-likeness (QED) is 0.371. The summed E-state index contributed by atoms with van der Waals surface area (Å²) in [7, 11) is 0. The number of carbonyl (C=O) groups excluding carboxylic acids is 2. The van der Waals surface area contributed by atoms with Crippen molar-refractivity contribution in [2.24, 2.45) is 5.90 Å². The van der Waals surface area contributed by atoms with Gasteiger partial charge in [-0.2, -0.15) is 0 Å². The second-order valence-corrected chi connectivity index (χ2v) is 4.20. The Morgan fingerprint density at radius 2 is 2.11 bits per heavy atom. The molecule has 0 spiro atoms. The van der Waals surface area contributed by atoms with Gasteiger partial charge in [-0.1, -0.05) is 12.1 Å². The van der Waals surface area contributed by atoms with Gasteiger partial charge in [-0.05, 0) is 24.6 Å². The third-order valence-electron chi connectivity index (χ3n) is 2.57. The maximum atomic E-state index is 11.8. The summed E-state index contributed by atoms with van der Waals surface area (Å²) in [6.07, 6.45) is 0.523. The molecule has 4 N–H and O–H groups in total. The molecule has 1 atom stereocenters. The summed E-state index contributed by atoms with van der Waals surface area (Å²) in [6, 6.07) is 6.43. The number of aldehydes is 1. The molecule has 0 heterocycles. The second kappa shape index (κ2) is 6.95. The van der Waals surface area contributed by atoms with Crippen LogP contribution in [0.4, 0.5) is 0 Å². The second-order valence-electron chi connectivity index (χ2n) is 4.20. The van der Waals surface area contributed by atoms with Gasteiger partial charge in [0.25, 0.3) is 5.91 Å². The first-order chi connectivity index (χ1) is 9.04. The van der Waals surface area contributed by atoms with Crippen molar-refractivity contribution in [3.05, 3.63) is 35.4 Å². The van der Waals surface area contributed by atoms with Crippen LogP contribution in [0.15, 0.2) is 24.3 Å². The van der Waals surface area contributed by atoms with Crippen LogP contribution in [-0.2, 0) is 21.1 Å². The highest BCUT2D eigenvalue weighted by molar-refractivity contribution is 5.94. The zero-order valence-electron chi connectivity index (χ0n) is 10.5. The van der Waals surface area contributed by atoms with Crippen LogP contribution in [0.2, 0.25) is 0 Å². The number of carbonyl (C=O) groups is 2. The standard InChI is InChI=1S/C12H16N2O5/c1-12(8-15,19-13)7-14-11(16)10-4-2-9(3-5-10)6-18-17/h2-5,8,17H,6-7,13H2,1H3,(H,14,16). The molecule has 1 aromatic rings. The van der Waals surface area contributed by atoms with Gasteiger partial charge in [-0.15, -0.1) is 0 Å². The third kappa shape index (κ3) is 4.42. The molecule has 1 rings (SSSR count). The van der Waals surface area contributed by atoms with Crippen LogP contribution in [0.3, 0.4) is 0 Å². The van der Waals surface area contributed by atoms with Gasteiger partial charge in [0.05, 0.1) is 6.54 Å². The fraction of sp³-hybridized carbons (Fsp3) is 0.333. The maximum Gasteiger partial charge on any atom is 0.251 e. The van der Waals surface area contributed by atoms with E-state index < -0.39 is 5.60 Å². The lowest BCUT2D eigenvalue weighted by atomic mass is 10.1. The minimum absolute atomic E-state index is 0.0344. The molecule has 7 nitrogen and oxygen atoms in total. The molecule has 104 valence electrons. The van der Waals surface area contributed by atoms with E-state index in [2.05, 4.69) is 15.0 Å². The number of hydrogen-bond acceptors (Lipinski definition) is 6. The SMILES string of the molecule is CC(C=O)(CNC(=O)c1ccc(COO)cc1)ON. The Kier molecular flexibility index (Phi) is 5.58. The van der Waals surface area contributed by atoms with Crippen molar-refractivity contribution in [3.63, 3.8) is 0 Å². The van der Waals surface area contributed by atoms with Gasteiger partial charge < -0.3 is 5.32 Å². The molecule has 0 aromatic heterocycles. The monoisotopic (exact) mass is 268 g/mol. The largest absolute Gasteiger partial charge is 0.349 e. The average molecular weight is 268 g/mol. The zero-order valence-corrected chi connectivity index (χ0v) is 10.5. The lowest BCUT2D eigenvalue weighted by Crippen LogP contribution is -2.45. The van der Waals surface area contributed by atoms with E-state index in [1.807, 2.05) is 0 Å². The first-order valence-electron chi connectivity index (χ1n) is 5.52. The van der Waals surface area contributed by atoms with Crippen molar-refractivity contribution in [2.45, 2.75) is 19.1 Å². The van der Waals surface area contributed by atoms with Crippen LogP contribution in [0.5, 0.6) is 0 Å². The van der Waals surface area contributed by atoms with E-state index in [-0.39, 0.29) is 19.1 Å². The number of amides is 1. The minimum atomic E-state index is -1.25. The van der Waals surface area contributed by atoms with E-state index in [4.69, 9.17) is 11.2 Å². The topological polar surface area (TPSA) is 111 Å². The number of rotatable bonds is 7. The zero-order chi connectivity index (χ0) is 14.3. The Morgan fingerprint density at radius 3 is 2.58 bits per heavy atom. The van der Waals surface area contributed by atoms with Crippen molar-refractivity contribution in [3.8, 4) is 0 Å². The van der Waals surface area contributed by atoms with Gasteiger partial charge >= 0.3 is 0 Å². The summed E-state index contributed by atoms with van der Waals surface area (Å²) in [6.45, 7) is 1.47. The van der Waals surface area contributed by atoms with E-state index in [9.17, 15) is 9.59 Å². The number of hydrogen-bond donors (Lipinski definition) is 3. The molecule has 1 unspecified atom stereocenters. The highest BCUT2D eigenvalue weighted by Crippen LogP contribution is 2.06. The minimum Gasteiger partial charge on any atom is -0.349 e. The lowest BCUT2D eigenvalue weighted by molar-refractivity contribution is -0.253. The molecule has 0 bridgehead atoms. The van der Waals surface area contributed by atoms with Crippen LogP contribution in [0.25, 0.3) is 0 Å². The molecule has 19 heavy (non-hydrogen) atoms. The molecular weight excluding hydrogens is 252 g/mol. The lowest BCUT2D eigenvalue weighted by Gasteiger charge is -2.20. The Morgan fingerprint density at radius 1 is 1.47 bits per heavy atom. The molecule has 1 amide bonds. The van der Waals surface area contributed by atoms with Crippen LogP contribution < -0.4 is 11.2 Å². The predicted octanol–water partition coefficient (Wildman–Crippen LogP) is 0.254. The van der Waals surface area contributed by atoms with E-state index in [1.54, 1.807) is 24.3 Å². The number of nitrogens with one attached hydrogen (secondary N) is 1. The first-order valence-corrected chi connectivity index (χ1v) is 5.52. The van der Waals surface area contributed by atoms with Crippen LogP contribution in [0.1, 0.15) is 22.8 Å². The van der Waals surface area contributed by atoms with E-state index in [1.165, 1.54) is 6.92 Å². The van der Waals surface area contributed by atoms with Crippen LogP contribution in [-0.4, -0.2) is 29.6 Å². The summed E-state index contributed by atoms with van der Waals surface area (Å²) < 4.78 is 0. The van der Waals surface area contributed by atoms with Gasteiger partial charge in [0.15, 0.2) is 11.9 Å². The van der Waals surface area contributed by atoms with Crippen LogP contribution in [0, 0.1) is 0 Å². The molecule has 0 saturated carbocycles. The van der Waals surface area contributed by atoms with Crippen molar-refractivity contribution < 1.29 is 24.6 Å². The summed E-state index contributed by atoms with van der Waals surface area (Å²) in [5.41, 5.74) is -0.116. The van der Waals surface area contributed by atoms with Gasteiger partial charge in [0.2, 0.25) is 0 Å². The van der Waals surface area contributed by atoms with E-state index >= 15 is 0 Å². The Labute approximate surface area is 110 Å². The summed E-state index contributed by atoms with van der Waals surface area (Å²) in [4.78, 5) is 31.0. The molecule has 0 saturated heterocycles. The summed E-state index contributed by atoms with van der Waals surface area (Å²) >= 11 is 0. The highest BCUT2D eigenvalue weighted by atomic mass is 17.1. The van der Waals surface area contributed by atoms with Crippen molar-refractivity contribution in [1.82, 2.24) is 5.32 Å². The molecule has 0 aliphatic rings.